The molecule has 0 aromatic rings. The lowest BCUT2D eigenvalue weighted by atomic mass is 10.0. The van der Waals surface area contributed by atoms with Crippen LogP contribution in [0.1, 0.15) is 27.2 Å². The molecule has 0 aromatic carbocycles. The molecule has 0 heterocycles. The maximum atomic E-state index is 11.7. The van der Waals surface area contributed by atoms with E-state index in [-0.39, 0.29) is 5.92 Å². The monoisotopic (exact) mass is 280 g/mol. The van der Waals surface area contributed by atoms with Gasteiger partial charge in [-0.3, -0.25) is 4.79 Å². The minimum Gasteiger partial charge on any atom is -0.288 e. The average molecular weight is 281 g/mol. The summed E-state index contributed by atoms with van der Waals surface area (Å²) in [4.78, 5) is 12.2. The first-order valence-corrected chi connectivity index (χ1v) is 8.03. The smallest absolute Gasteiger partial charge is 0.175 e. The van der Waals surface area contributed by atoms with E-state index >= 15 is 0 Å². The van der Waals surface area contributed by atoms with E-state index in [1.54, 1.807) is 0 Å². The summed E-state index contributed by atoms with van der Waals surface area (Å²) < 4.78 is 0. The molecule has 0 aromatic heterocycles. The van der Waals surface area contributed by atoms with Crippen molar-refractivity contribution in [2.45, 2.75) is 32.0 Å². The van der Waals surface area contributed by atoms with Crippen LogP contribution in [0.3, 0.4) is 0 Å². The minimum atomic E-state index is -0.451. The van der Waals surface area contributed by atoms with Crippen molar-refractivity contribution in [2.24, 2.45) is 5.92 Å². The number of rotatable bonds is 4. The predicted octanol–water partition coefficient (Wildman–Crippen LogP) is 3.53. The van der Waals surface area contributed by atoms with Crippen LogP contribution in [0, 0.1) is 5.92 Å². The van der Waals surface area contributed by atoms with Gasteiger partial charge in [-0.2, -0.15) is 10.9 Å². The molecule has 84 valence electrons. The molecule has 0 aliphatic rings. The summed E-state index contributed by atoms with van der Waals surface area (Å²) in [6.07, 6.45) is 7.21. The molecule has 2 atom stereocenters. The Hall–Kier alpha value is 0.240. The summed E-state index contributed by atoms with van der Waals surface area (Å²) in [6, 6.07) is 0. The number of hydrogen-bond acceptors (Lipinski definition) is 1. The van der Waals surface area contributed by atoms with Gasteiger partial charge in [0, 0.05) is 10.7 Å². The average Bonchev–Trinajstić information content (AvgIpc) is 2.11. The fraction of sp³-hybridized carbons (Fsp3) is 0.727. The maximum absolute atomic E-state index is 11.7. The summed E-state index contributed by atoms with van der Waals surface area (Å²) >= 11 is 3.49. The third-order valence-electron chi connectivity index (χ3n) is 2.26. The van der Waals surface area contributed by atoms with Crippen LogP contribution in [0.25, 0.3) is 0 Å². The highest BCUT2D eigenvalue weighted by Gasteiger charge is 2.15. The quantitative estimate of drug-likeness (QED) is 0.474. The zero-order valence-corrected chi connectivity index (χ0v) is 12.2. The van der Waals surface area contributed by atoms with Crippen molar-refractivity contribution in [3.05, 3.63) is 11.6 Å². The van der Waals surface area contributed by atoms with Crippen LogP contribution in [0.2, 0.25) is 0 Å². The summed E-state index contributed by atoms with van der Waals surface area (Å²) in [5.74, 6) is 0.0994. The van der Waals surface area contributed by atoms with E-state index in [4.69, 9.17) is 0 Å². The number of carbonyl (C=O) groups is 1. The Morgan fingerprint density at radius 3 is 2.29 bits per heavy atom. The normalized spacial score (nSPS) is 17.6. The van der Waals surface area contributed by atoms with Crippen LogP contribution >= 0.6 is 26.8 Å². The molecule has 0 aliphatic carbocycles. The van der Waals surface area contributed by atoms with Gasteiger partial charge in [0.1, 0.15) is 0 Å². The Morgan fingerprint density at radius 2 is 1.93 bits per heavy atom. The standard InChI is InChI=1S/C11H21BrOS/c1-8(6-7-9(2)12)10(3)11(13)14(4)5/h6,9-10,14H,7H2,1-5H3/b8-6+. The van der Waals surface area contributed by atoms with Crippen LogP contribution in [0.15, 0.2) is 11.6 Å². The number of allylic oxidation sites excluding steroid dienone is 2. The fourth-order valence-corrected chi connectivity index (χ4v) is 2.27. The Balaban J connectivity index is 4.31. The van der Waals surface area contributed by atoms with Gasteiger partial charge in [-0.05, 0) is 25.9 Å². The molecule has 3 heteroatoms. The van der Waals surface area contributed by atoms with Gasteiger partial charge in [0.05, 0.1) is 0 Å². The minimum absolute atomic E-state index is 0.0994. The Morgan fingerprint density at radius 1 is 1.43 bits per heavy atom. The van der Waals surface area contributed by atoms with Gasteiger partial charge in [-0.25, -0.2) is 0 Å². The zero-order valence-electron chi connectivity index (χ0n) is 9.67. The van der Waals surface area contributed by atoms with E-state index in [0.717, 1.165) is 6.42 Å². The molecule has 0 saturated carbocycles. The van der Waals surface area contributed by atoms with Crippen LogP contribution < -0.4 is 0 Å². The lowest BCUT2D eigenvalue weighted by Gasteiger charge is -2.16. The van der Waals surface area contributed by atoms with Crippen LogP contribution in [-0.4, -0.2) is 22.5 Å². The first-order chi connectivity index (χ1) is 6.36. The van der Waals surface area contributed by atoms with E-state index in [9.17, 15) is 4.79 Å². The Labute approximate surface area is 98.8 Å². The first kappa shape index (κ1) is 14.2. The molecule has 0 N–H and O–H groups in total. The Bertz CT molecular complexity index is 221. The molecule has 0 spiro atoms. The van der Waals surface area contributed by atoms with Gasteiger partial charge in [0.25, 0.3) is 0 Å². The molecule has 0 radical (unpaired) electrons. The number of alkyl halides is 1. The second-order valence-corrected chi connectivity index (χ2v) is 7.71. The summed E-state index contributed by atoms with van der Waals surface area (Å²) in [5.41, 5.74) is 1.21. The molecule has 14 heavy (non-hydrogen) atoms. The largest absolute Gasteiger partial charge is 0.288 e. The number of thiol groups is 1. The highest BCUT2D eigenvalue weighted by Crippen LogP contribution is 2.25. The van der Waals surface area contributed by atoms with E-state index in [0.29, 0.717) is 9.94 Å². The molecule has 0 amide bonds. The topological polar surface area (TPSA) is 17.1 Å². The van der Waals surface area contributed by atoms with E-state index in [2.05, 4.69) is 35.9 Å². The summed E-state index contributed by atoms with van der Waals surface area (Å²) in [5, 5.41) is 0.399. The number of hydrogen-bond donors (Lipinski definition) is 1. The molecular weight excluding hydrogens is 260 g/mol. The summed E-state index contributed by atoms with van der Waals surface area (Å²) in [6.45, 7) is 6.18. The highest BCUT2D eigenvalue weighted by atomic mass is 79.9. The van der Waals surface area contributed by atoms with Crippen molar-refractivity contribution in [1.29, 1.82) is 0 Å². The molecule has 0 rings (SSSR count). The van der Waals surface area contributed by atoms with Crippen molar-refractivity contribution in [3.8, 4) is 0 Å². The van der Waals surface area contributed by atoms with E-state index < -0.39 is 10.9 Å². The molecule has 0 fully saturated rings. The predicted molar refractivity (Wildman–Crippen MR) is 71.8 cm³/mol. The van der Waals surface area contributed by atoms with Crippen molar-refractivity contribution in [1.82, 2.24) is 0 Å². The van der Waals surface area contributed by atoms with Gasteiger partial charge in [0.15, 0.2) is 5.12 Å². The zero-order chi connectivity index (χ0) is 11.3. The van der Waals surface area contributed by atoms with Gasteiger partial charge in [-0.15, -0.1) is 0 Å². The van der Waals surface area contributed by atoms with Crippen LogP contribution in [0.5, 0.6) is 0 Å². The Kier molecular flexibility index (Phi) is 6.79. The molecule has 0 aliphatic heterocycles. The van der Waals surface area contributed by atoms with E-state index in [1.165, 1.54) is 5.57 Å². The maximum Gasteiger partial charge on any atom is 0.175 e. The van der Waals surface area contributed by atoms with Crippen molar-refractivity contribution in [3.63, 3.8) is 0 Å². The second kappa shape index (κ2) is 6.67. The fourth-order valence-electron chi connectivity index (χ4n) is 1.11. The number of halogens is 1. The molecule has 0 saturated heterocycles. The number of carbonyl (C=O) groups excluding carboxylic acids is 1. The molecule has 0 bridgehead atoms. The molecule has 2 unspecified atom stereocenters. The second-order valence-electron chi connectivity index (χ2n) is 3.92. The summed E-state index contributed by atoms with van der Waals surface area (Å²) in [7, 11) is -0.451. The van der Waals surface area contributed by atoms with Crippen LogP contribution in [-0.2, 0) is 4.79 Å². The van der Waals surface area contributed by atoms with Crippen molar-refractivity contribution in [2.75, 3.05) is 12.5 Å². The molecule has 1 nitrogen and oxygen atoms in total. The van der Waals surface area contributed by atoms with Gasteiger partial charge < -0.3 is 0 Å². The van der Waals surface area contributed by atoms with Gasteiger partial charge in [-0.1, -0.05) is 41.4 Å². The highest BCUT2D eigenvalue weighted by molar-refractivity contribution is 9.09. The van der Waals surface area contributed by atoms with Gasteiger partial charge in [0.2, 0.25) is 0 Å². The van der Waals surface area contributed by atoms with Gasteiger partial charge >= 0.3 is 0 Å². The third-order valence-corrected chi connectivity index (χ3v) is 3.90. The molecular formula is C11H21BrOS. The van der Waals surface area contributed by atoms with Crippen molar-refractivity contribution < 1.29 is 4.79 Å². The van der Waals surface area contributed by atoms with E-state index in [1.807, 2.05) is 19.4 Å². The lowest BCUT2D eigenvalue weighted by Crippen LogP contribution is -2.11. The third kappa shape index (κ3) is 5.20. The van der Waals surface area contributed by atoms with Crippen LogP contribution in [0.4, 0.5) is 0 Å². The van der Waals surface area contributed by atoms with Crippen molar-refractivity contribution >= 4 is 31.9 Å². The first-order valence-electron chi connectivity index (χ1n) is 4.88. The SMILES string of the molecule is C/C(=C\CC(C)Br)C(C)C(=O)[SH](C)C. The lowest BCUT2D eigenvalue weighted by molar-refractivity contribution is -0.113.